The summed E-state index contributed by atoms with van der Waals surface area (Å²) in [6, 6.07) is 16.3. The zero-order valence-corrected chi connectivity index (χ0v) is 18.7. The maximum absolute atomic E-state index is 13.5. The van der Waals surface area contributed by atoms with Gasteiger partial charge in [0.25, 0.3) is 10.0 Å². The van der Waals surface area contributed by atoms with E-state index in [1.165, 1.54) is 4.31 Å². The first-order chi connectivity index (χ1) is 14.3. The number of hydrogen-bond donors (Lipinski definition) is 0. The molecule has 0 aliphatic heterocycles. The summed E-state index contributed by atoms with van der Waals surface area (Å²) in [5.41, 5.74) is 3.67. The van der Waals surface area contributed by atoms with Gasteiger partial charge < -0.3 is 4.74 Å². The van der Waals surface area contributed by atoms with Crippen molar-refractivity contribution in [2.24, 2.45) is 5.92 Å². The molecule has 30 heavy (non-hydrogen) atoms. The SMILES string of the molecule is Cc1ccc(N(CC(C)C)S(=O)(=O)c2ccc(COc3ccncc3)cc2)c(C)c1. The van der Waals surface area contributed by atoms with E-state index in [4.69, 9.17) is 4.74 Å². The van der Waals surface area contributed by atoms with Crippen molar-refractivity contribution < 1.29 is 13.2 Å². The van der Waals surface area contributed by atoms with Gasteiger partial charge in [0, 0.05) is 18.9 Å². The third-order valence-electron chi connectivity index (χ3n) is 4.72. The van der Waals surface area contributed by atoms with Crippen LogP contribution in [0.3, 0.4) is 0 Å². The van der Waals surface area contributed by atoms with Crippen molar-refractivity contribution in [2.45, 2.75) is 39.2 Å². The molecule has 0 saturated carbocycles. The van der Waals surface area contributed by atoms with Crippen molar-refractivity contribution in [3.63, 3.8) is 0 Å². The van der Waals surface area contributed by atoms with E-state index in [9.17, 15) is 8.42 Å². The van der Waals surface area contributed by atoms with E-state index in [2.05, 4.69) is 4.98 Å². The van der Waals surface area contributed by atoms with Gasteiger partial charge in [-0.15, -0.1) is 0 Å². The second kappa shape index (κ2) is 9.30. The number of benzene rings is 2. The molecule has 0 aliphatic rings. The number of anilines is 1. The highest BCUT2D eigenvalue weighted by Crippen LogP contribution is 2.29. The molecule has 0 unspecified atom stereocenters. The zero-order chi connectivity index (χ0) is 21.7. The Morgan fingerprint density at radius 1 is 0.967 bits per heavy atom. The van der Waals surface area contributed by atoms with Crippen LogP contribution in [0.4, 0.5) is 5.69 Å². The van der Waals surface area contributed by atoms with Gasteiger partial charge in [-0.2, -0.15) is 0 Å². The van der Waals surface area contributed by atoms with E-state index < -0.39 is 10.0 Å². The molecule has 158 valence electrons. The van der Waals surface area contributed by atoms with Crippen LogP contribution in [0.1, 0.15) is 30.5 Å². The molecular formula is C24H28N2O3S. The van der Waals surface area contributed by atoms with Crippen molar-refractivity contribution >= 4 is 15.7 Å². The topological polar surface area (TPSA) is 59.5 Å². The molecule has 3 aromatic rings. The van der Waals surface area contributed by atoms with E-state index in [1.54, 1.807) is 48.8 Å². The lowest BCUT2D eigenvalue weighted by Crippen LogP contribution is -2.34. The number of aromatic nitrogens is 1. The van der Waals surface area contributed by atoms with Crippen molar-refractivity contribution in [3.8, 4) is 5.75 Å². The number of nitrogens with zero attached hydrogens (tertiary/aromatic N) is 2. The number of hydrogen-bond acceptors (Lipinski definition) is 4. The molecule has 3 rings (SSSR count). The largest absolute Gasteiger partial charge is 0.489 e. The van der Waals surface area contributed by atoms with Crippen LogP contribution in [0.25, 0.3) is 0 Å². The summed E-state index contributed by atoms with van der Waals surface area (Å²) in [6.45, 7) is 8.77. The van der Waals surface area contributed by atoms with Gasteiger partial charge >= 0.3 is 0 Å². The van der Waals surface area contributed by atoms with Crippen LogP contribution < -0.4 is 9.04 Å². The molecule has 0 amide bonds. The number of pyridine rings is 1. The van der Waals surface area contributed by atoms with Crippen LogP contribution >= 0.6 is 0 Å². The van der Waals surface area contributed by atoms with E-state index >= 15 is 0 Å². The first-order valence-electron chi connectivity index (χ1n) is 9.99. The van der Waals surface area contributed by atoms with Gasteiger partial charge in [0.05, 0.1) is 10.6 Å². The molecule has 0 aliphatic carbocycles. The van der Waals surface area contributed by atoms with Gasteiger partial charge in [0.15, 0.2) is 0 Å². The van der Waals surface area contributed by atoms with Crippen LogP contribution in [-0.4, -0.2) is 19.9 Å². The number of aryl methyl sites for hydroxylation is 2. The Hall–Kier alpha value is -2.86. The highest BCUT2D eigenvalue weighted by molar-refractivity contribution is 7.92. The number of rotatable bonds is 8. The van der Waals surface area contributed by atoms with Gasteiger partial charge in [-0.25, -0.2) is 8.42 Å². The fraction of sp³-hybridized carbons (Fsp3) is 0.292. The molecule has 0 radical (unpaired) electrons. The fourth-order valence-electron chi connectivity index (χ4n) is 3.23. The summed E-state index contributed by atoms with van der Waals surface area (Å²) in [5, 5.41) is 0. The highest BCUT2D eigenvalue weighted by atomic mass is 32.2. The lowest BCUT2D eigenvalue weighted by Gasteiger charge is -2.28. The second-order valence-corrected chi connectivity index (χ2v) is 9.70. The molecule has 0 N–H and O–H groups in total. The van der Waals surface area contributed by atoms with Crippen LogP contribution in [-0.2, 0) is 16.6 Å². The third-order valence-corrected chi connectivity index (χ3v) is 6.51. The molecule has 0 atom stereocenters. The van der Waals surface area contributed by atoms with Gasteiger partial charge in [-0.3, -0.25) is 9.29 Å². The summed E-state index contributed by atoms with van der Waals surface area (Å²) in [6.07, 6.45) is 3.34. The van der Waals surface area contributed by atoms with E-state index in [-0.39, 0.29) is 10.8 Å². The van der Waals surface area contributed by atoms with Crippen LogP contribution in [0, 0.1) is 19.8 Å². The maximum atomic E-state index is 13.5. The van der Waals surface area contributed by atoms with Gasteiger partial charge in [-0.1, -0.05) is 43.7 Å². The third kappa shape index (κ3) is 5.19. The molecule has 0 saturated heterocycles. The van der Waals surface area contributed by atoms with Gasteiger partial charge in [-0.05, 0) is 61.2 Å². The van der Waals surface area contributed by atoms with Gasteiger partial charge in [0.1, 0.15) is 12.4 Å². The van der Waals surface area contributed by atoms with Crippen molar-refractivity contribution in [3.05, 3.63) is 83.7 Å². The molecule has 6 heteroatoms. The first-order valence-corrected chi connectivity index (χ1v) is 11.4. The van der Waals surface area contributed by atoms with E-state index in [0.29, 0.717) is 13.2 Å². The minimum Gasteiger partial charge on any atom is -0.489 e. The average molecular weight is 425 g/mol. The van der Waals surface area contributed by atoms with Crippen LogP contribution in [0.2, 0.25) is 0 Å². The maximum Gasteiger partial charge on any atom is 0.264 e. The summed E-state index contributed by atoms with van der Waals surface area (Å²) in [7, 11) is -3.68. The molecule has 0 spiro atoms. The van der Waals surface area contributed by atoms with Crippen molar-refractivity contribution in [1.29, 1.82) is 0 Å². The quantitative estimate of drug-likeness (QED) is 0.503. The highest BCUT2D eigenvalue weighted by Gasteiger charge is 2.26. The molecule has 1 aromatic heterocycles. The monoisotopic (exact) mass is 424 g/mol. The average Bonchev–Trinajstić information content (AvgIpc) is 2.72. The lowest BCUT2D eigenvalue weighted by atomic mass is 10.1. The van der Waals surface area contributed by atoms with Gasteiger partial charge in [0.2, 0.25) is 0 Å². The minimum absolute atomic E-state index is 0.188. The summed E-state index contributed by atoms with van der Waals surface area (Å²) < 4.78 is 34.2. The Bertz CT molecular complexity index is 1080. The normalized spacial score (nSPS) is 11.5. The van der Waals surface area contributed by atoms with E-state index in [1.807, 2.05) is 45.9 Å². The molecule has 1 heterocycles. The Morgan fingerprint density at radius 3 is 2.23 bits per heavy atom. The molecule has 0 fully saturated rings. The zero-order valence-electron chi connectivity index (χ0n) is 17.9. The Labute approximate surface area is 179 Å². The standard InChI is InChI=1S/C24H28N2O3S/c1-18(2)16-26(24-10-5-19(3)15-20(24)4)30(27,28)23-8-6-21(7-9-23)17-29-22-11-13-25-14-12-22/h5-15,18H,16-17H2,1-4H3. The number of ether oxygens (including phenoxy) is 1. The first kappa shape index (κ1) is 21.8. The molecular weight excluding hydrogens is 396 g/mol. The molecule has 2 aromatic carbocycles. The summed E-state index contributed by atoms with van der Waals surface area (Å²) in [4.78, 5) is 4.23. The van der Waals surface area contributed by atoms with Crippen LogP contribution in [0.5, 0.6) is 5.75 Å². The predicted molar refractivity (Wildman–Crippen MR) is 120 cm³/mol. The Kier molecular flexibility index (Phi) is 6.77. The summed E-state index contributed by atoms with van der Waals surface area (Å²) >= 11 is 0. The van der Waals surface area contributed by atoms with Crippen molar-refractivity contribution in [1.82, 2.24) is 4.98 Å². The van der Waals surface area contributed by atoms with Crippen LogP contribution in [0.15, 0.2) is 71.9 Å². The fourth-order valence-corrected chi connectivity index (χ4v) is 4.92. The smallest absolute Gasteiger partial charge is 0.264 e. The minimum atomic E-state index is -3.68. The molecule has 5 nitrogen and oxygen atoms in total. The predicted octanol–water partition coefficient (Wildman–Crippen LogP) is 5.13. The van der Waals surface area contributed by atoms with E-state index in [0.717, 1.165) is 28.1 Å². The Balaban J connectivity index is 1.85. The van der Waals surface area contributed by atoms with Crippen molar-refractivity contribution in [2.75, 3.05) is 10.8 Å². The number of sulfonamides is 1. The Morgan fingerprint density at radius 2 is 1.63 bits per heavy atom. The summed E-state index contributed by atoms with van der Waals surface area (Å²) in [5.74, 6) is 0.910. The lowest BCUT2D eigenvalue weighted by molar-refractivity contribution is 0.306. The second-order valence-electron chi connectivity index (χ2n) is 7.84. The molecule has 0 bridgehead atoms.